The summed E-state index contributed by atoms with van der Waals surface area (Å²) >= 11 is 14.2. The topological polar surface area (TPSA) is 67.9 Å². The van der Waals surface area contributed by atoms with Gasteiger partial charge in [0.1, 0.15) is 11.5 Å². The van der Waals surface area contributed by atoms with Crippen molar-refractivity contribution in [2.75, 3.05) is 13.1 Å². The largest absolute Gasteiger partial charge is 0.340 e. The zero-order chi connectivity index (χ0) is 30.9. The average molecular weight is 655 g/mol. The number of hydrogen-bond donors (Lipinski definition) is 2. The van der Waals surface area contributed by atoms with E-state index >= 15 is 0 Å². The Bertz CT molecular complexity index is 1480. The van der Waals surface area contributed by atoms with Gasteiger partial charge in [-0.2, -0.15) is 0 Å². The Kier molecular flexibility index (Phi) is 7.98. The van der Waals surface area contributed by atoms with Crippen LogP contribution >= 0.6 is 35.0 Å². The summed E-state index contributed by atoms with van der Waals surface area (Å²) in [5.74, 6) is 0.195. The summed E-state index contributed by atoms with van der Waals surface area (Å²) in [7, 11) is 0. The Morgan fingerprint density at radius 1 is 0.955 bits per heavy atom. The molecule has 6 atom stereocenters. The SMILES string of the molecule is CC(C)C1=C(C(=O)N2C(C(=O)N3C[C@@H](C)NC4(CC4)C3)CC[C@H]2C)SC2NC(c3ccc(Cl)cc3)C(c3ccc(Cl)cc3)N12. The van der Waals surface area contributed by atoms with E-state index in [1.54, 1.807) is 11.8 Å². The van der Waals surface area contributed by atoms with Gasteiger partial charge in [0.25, 0.3) is 5.91 Å². The predicted molar refractivity (Wildman–Crippen MR) is 177 cm³/mol. The Labute approximate surface area is 274 Å². The molecule has 7 nitrogen and oxygen atoms in total. The number of rotatable bonds is 5. The molecule has 2 N–H and O–H groups in total. The first kappa shape index (κ1) is 30.4. The highest BCUT2D eigenvalue weighted by Gasteiger charge is 2.53. The molecule has 4 heterocycles. The van der Waals surface area contributed by atoms with Crippen LogP contribution in [0.25, 0.3) is 0 Å². The number of benzene rings is 2. The van der Waals surface area contributed by atoms with Gasteiger partial charge in [-0.3, -0.25) is 14.9 Å². The van der Waals surface area contributed by atoms with E-state index in [9.17, 15) is 9.59 Å². The van der Waals surface area contributed by atoms with E-state index in [0.717, 1.165) is 47.5 Å². The Hall–Kier alpha value is -2.23. The molecule has 2 amide bonds. The van der Waals surface area contributed by atoms with E-state index in [1.165, 1.54) is 0 Å². The number of likely N-dealkylation sites (tertiary alicyclic amines) is 1. The maximum Gasteiger partial charge on any atom is 0.263 e. The number of carbonyl (C=O) groups is 2. The Morgan fingerprint density at radius 2 is 1.59 bits per heavy atom. The van der Waals surface area contributed by atoms with Crippen LogP contribution < -0.4 is 10.6 Å². The monoisotopic (exact) mass is 653 g/mol. The molecule has 234 valence electrons. The highest BCUT2D eigenvalue weighted by atomic mass is 35.5. The van der Waals surface area contributed by atoms with Crippen LogP contribution in [0.5, 0.6) is 0 Å². The first-order chi connectivity index (χ1) is 21.0. The van der Waals surface area contributed by atoms with Gasteiger partial charge in [-0.25, -0.2) is 0 Å². The number of thioether (sulfide) groups is 1. The van der Waals surface area contributed by atoms with Crippen LogP contribution in [-0.2, 0) is 9.59 Å². The van der Waals surface area contributed by atoms with Crippen LogP contribution in [0, 0.1) is 5.92 Å². The molecule has 1 saturated carbocycles. The molecule has 2 aromatic carbocycles. The molecule has 4 fully saturated rings. The minimum atomic E-state index is -0.419. The molecule has 4 aliphatic heterocycles. The fraction of sp³-hybridized carbons (Fsp3) is 0.529. The molecule has 4 unspecified atom stereocenters. The minimum absolute atomic E-state index is 0.00506. The zero-order valence-corrected chi connectivity index (χ0v) is 28.1. The molecular formula is C34H41Cl2N5O2S. The number of halogens is 2. The number of nitrogens with zero attached hydrogens (tertiary/aromatic N) is 3. The molecule has 5 aliphatic rings. The molecule has 0 bridgehead atoms. The normalized spacial score (nSPS) is 30.9. The maximum atomic E-state index is 14.7. The van der Waals surface area contributed by atoms with Gasteiger partial charge < -0.3 is 20.0 Å². The molecule has 0 aromatic heterocycles. The average Bonchev–Trinajstić information content (AvgIpc) is 3.29. The van der Waals surface area contributed by atoms with Crippen molar-refractivity contribution >= 4 is 46.8 Å². The van der Waals surface area contributed by atoms with Crippen molar-refractivity contribution in [2.45, 2.75) is 94.6 Å². The predicted octanol–water partition coefficient (Wildman–Crippen LogP) is 6.31. The van der Waals surface area contributed by atoms with Crippen LogP contribution in [0.15, 0.2) is 59.1 Å². The number of carbonyl (C=O) groups excluding carboxylic acids is 2. The van der Waals surface area contributed by atoms with E-state index in [4.69, 9.17) is 23.2 Å². The summed E-state index contributed by atoms with van der Waals surface area (Å²) in [6, 6.07) is 15.8. The maximum absolute atomic E-state index is 14.7. The summed E-state index contributed by atoms with van der Waals surface area (Å²) in [6.45, 7) is 10.0. The van der Waals surface area contributed by atoms with Gasteiger partial charge in [-0.15, -0.1) is 0 Å². The van der Waals surface area contributed by atoms with Crippen molar-refractivity contribution in [1.29, 1.82) is 0 Å². The van der Waals surface area contributed by atoms with Crippen LogP contribution in [-0.4, -0.2) is 68.8 Å². The van der Waals surface area contributed by atoms with Crippen molar-refractivity contribution in [3.8, 4) is 0 Å². The summed E-state index contributed by atoms with van der Waals surface area (Å²) in [5.41, 5.74) is 3.25. The molecular weight excluding hydrogens is 613 g/mol. The third kappa shape index (κ3) is 5.34. The molecule has 44 heavy (non-hydrogen) atoms. The van der Waals surface area contributed by atoms with Crippen molar-refractivity contribution in [2.24, 2.45) is 5.92 Å². The van der Waals surface area contributed by atoms with Crippen LogP contribution in [0.2, 0.25) is 10.0 Å². The fourth-order valence-electron chi connectivity index (χ4n) is 7.86. The van der Waals surface area contributed by atoms with Crippen molar-refractivity contribution in [1.82, 2.24) is 25.3 Å². The minimum Gasteiger partial charge on any atom is -0.340 e. The third-order valence-electron chi connectivity index (χ3n) is 10.0. The zero-order valence-electron chi connectivity index (χ0n) is 25.7. The third-order valence-corrected chi connectivity index (χ3v) is 11.7. The summed E-state index contributed by atoms with van der Waals surface area (Å²) in [5, 5.41) is 8.94. The summed E-state index contributed by atoms with van der Waals surface area (Å²) in [4.78, 5) is 35.8. The number of nitrogens with one attached hydrogen (secondary N) is 2. The molecule has 7 rings (SSSR count). The van der Waals surface area contributed by atoms with Gasteiger partial charge in [0.05, 0.1) is 17.0 Å². The highest BCUT2D eigenvalue weighted by molar-refractivity contribution is 8.04. The summed E-state index contributed by atoms with van der Waals surface area (Å²) in [6.07, 6.45) is 3.77. The van der Waals surface area contributed by atoms with Crippen LogP contribution in [0.3, 0.4) is 0 Å². The summed E-state index contributed by atoms with van der Waals surface area (Å²) < 4.78 is 0. The standard InChI is InChI=1S/C34H41Cl2N5O2S/c1-19(2)28-30(32(43)40-21(4)5-14-26(40)31(42)39-17-20(3)38-34(18-39)15-16-34)44-33-37-27(22-6-10-24(35)11-7-22)29(41(28)33)23-8-12-25(36)13-9-23/h6-13,19-21,26-27,29,33,37-38H,5,14-18H2,1-4H3/t20-,21-,26?,27?,29?,33?/m1/s1. The van der Waals surface area contributed by atoms with Crippen molar-refractivity contribution < 1.29 is 9.59 Å². The van der Waals surface area contributed by atoms with Crippen LogP contribution in [0.4, 0.5) is 0 Å². The van der Waals surface area contributed by atoms with Gasteiger partial charge in [0, 0.05) is 46.5 Å². The van der Waals surface area contributed by atoms with E-state index < -0.39 is 6.04 Å². The van der Waals surface area contributed by atoms with Gasteiger partial charge in [0.15, 0.2) is 0 Å². The first-order valence-electron chi connectivity index (χ1n) is 15.9. The second-order valence-corrected chi connectivity index (χ2v) is 15.6. The van der Waals surface area contributed by atoms with E-state index in [0.29, 0.717) is 23.0 Å². The van der Waals surface area contributed by atoms with Crippen molar-refractivity contribution in [3.05, 3.63) is 80.3 Å². The lowest BCUT2D eigenvalue weighted by Crippen LogP contribution is -2.61. The Balaban J connectivity index is 1.23. The molecule has 0 radical (unpaired) electrons. The Morgan fingerprint density at radius 3 is 2.20 bits per heavy atom. The number of amides is 2. The van der Waals surface area contributed by atoms with E-state index in [1.807, 2.05) is 34.1 Å². The lowest BCUT2D eigenvalue weighted by Gasteiger charge is -2.40. The van der Waals surface area contributed by atoms with E-state index in [-0.39, 0.29) is 52.9 Å². The second-order valence-electron chi connectivity index (χ2n) is 13.6. The molecule has 2 aromatic rings. The van der Waals surface area contributed by atoms with Gasteiger partial charge >= 0.3 is 0 Å². The molecule has 1 spiro atoms. The number of fused-ring (bicyclic) bond motifs is 1. The van der Waals surface area contributed by atoms with Crippen LogP contribution in [0.1, 0.15) is 76.6 Å². The second kappa shape index (κ2) is 11.5. The quantitative estimate of drug-likeness (QED) is 0.394. The van der Waals surface area contributed by atoms with Gasteiger partial charge in [0.2, 0.25) is 5.91 Å². The van der Waals surface area contributed by atoms with Gasteiger partial charge in [-0.1, -0.05) is 73.1 Å². The lowest BCUT2D eigenvalue weighted by atomic mass is 9.92. The van der Waals surface area contributed by atoms with E-state index in [2.05, 4.69) is 67.5 Å². The molecule has 3 saturated heterocycles. The van der Waals surface area contributed by atoms with Crippen molar-refractivity contribution in [3.63, 3.8) is 0 Å². The smallest absolute Gasteiger partial charge is 0.263 e. The fourth-order valence-corrected chi connectivity index (χ4v) is 9.58. The highest BCUT2D eigenvalue weighted by Crippen LogP contribution is 2.54. The number of piperazine rings is 1. The number of allylic oxidation sites excluding steroid dienone is 1. The van der Waals surface area contributed by atoms with Gasteiger partial charge in [-0.05, 0) is 80.8 Å². The molecule has 1 aliphatic carbocycles. The number of hydrogen-bond acceptors (Lipinski definition) is 6. The lowest BCUT2D eigenvalue weighted by molar-refractivity contribution is -0.144. The molecule has 10 heteroatoms. The first-order valence-corrected chi connectivity index (χ1v) is 17.5.